The molecule has 1 aromatic carbocycles. The van der Waals surface area contributed by atoms with Gasteiger partial charge in [-0.1, -0.05) is 12.1 Å². The molecule has 0 amide bonds. The summed E-state index contributed by atoms with van der Waals surface area (Å²) in [5, 5.41) is 0. The zero-order valence-corrected chi connectivity index (χ0v) is 18.7. The maximum Gasteiger partial charge on any atom is 0.156 e. The Labute approximate surface area is 188 Å². The van der Waals surface area contributed by atoms with Gasteiger partial charge < -0.3 is 19.4 Å². The summed E-state index contributed by atoms with van der Waals surface area (Å²) in [6, 6.07) is 10.1. The molecule has 0 N–H and O–H groups in total. The van der Waals surface area contributed by atoms with E-state index in [0.29, 0.717) is 5.82 Å². The second kappa shape index (κ2) is 9.08. The van der Waals surface area contributed by atoms with E-state index in [9.17, 15) is 0 Å². The first-order valence-electron chi connectivity index (χ1n) is 11.3. The molecule has 2 fully saturated rings. The van der Waals surface area contributed by atoms with Crippen LogP contribution >= 0.6 is 0 Å². The largest absolute Gasteiger partial charge is 0.378 e. The third kappa shape index (κ3) is 4.36. The van der Waals surface area contributed by atoms with Crippen LogP contribution in [0, 0.1) is 0 Å². The Bertz CT molecular complexity index is 1120. The molecule has 0 unspecified atom stereocenters. The fourth-order valence-electron chi connectivity index (χ4n) is 4.18. The van der Waals surface area contributed by atoms with E-state index in [2.05, 4.69) is 15.9 Å². The van der Waals surface area contributed by atoms with Crippen LogP contribution in [-0.4, -0.2) is 73.4 Å². The maximum atomic E-state index is 5.53. The van der Waals surface area contributed by atoms with Crippen molar-refractivity contribution in [2.24, 2.45) is 0 Å². The normalized spacial score (nSPS) is 16.9. The van der Waals surface area contributed by atoms with Gasteiger partial charge in [-0.15, -0.1) is 0 Å². The Hall–Kier alpha value is -3.26. The molecule has 4 heterocycles. The second-order valence-corrected chi connectivity index (χ2v) is 8.39. The number of morpholine rings is 1. The van der Waals surface area contributed by atoms with Gasteiger partial charge in [-0.05, 0) is 37.1 Å². The summed E-state index contributed by atoms with van der Waals surface area (Å²) in [4.78, 5) is 26.0. The number of hydrogen-bond acceptors (Lipinski definition) is 8. The van der Waals surface area contributed by atoms with Crippen LogP contribution in [0.4, 0.5) is 17.5 Å². The number of nitrogens with zero attached hydrogens (tertiary/aromatic N) is 7. The first kappa shape index (κ1) is 20.6. The van der Waals surface area contributed by atoms with Crippen LogP contribution in [-0.2, 0) is 4.74 Å². The molecule has 2 aromatic heterocycles. The molecule has 0 saturated carbocycles. The molecule has 0 bridgehead atoms. The number of para-hydroxylation sites is 2. The smallest absolute Gasteiger partial charge is 0.156 e. The van der Waals surface area contributed by atoms with Gasteiger partial charge in [0.25, 0.3) is 0 Å². The Morgan fingerprint density at radius 1 is 0.812 bits per heavy atom. The number of hydrogen-bond donors (Lipinski definition) is 0. The van der Waals surface area contributed by atoms with Gasteiger partial charge in [0.15, 0.2) is 11.6 Å². The lowest BCUT2D eigenvalue weighted by Gasteiger charge is -2.29. The van der Waals surface area contributed by atoms with Crippen molar-refractivity contribution in [3.05, 3.63) is 41.9 Å². The van der Waals surface area contributed by atoms with E-state index < -0.39 is 0 Å². The highest BCUT2D eigenvalue weighted by molar-refractivity contribution is 5.81. The molecule has 32 heavy (non-hydrogen) atoms. The Morgan fingerprint density at radius 2 is 1.44 bits per heavy atom. The zero-order valence-electron chi connectivity index (χ0n) is 18.7. The average molecular weight is 432 g/mol. The number of fused-ring (bicyclic) bond motifs is 1. The minimum absolute atomic E-state index is 0.690. The lowest BCUT2D eigenvalue weighted by molar-refractivity contribution is 0.122. The number of aromatic nitrogens is 4. The molecule has 3 aromatic rings. The molecule has 2 aliphatic rings. The van der Waals surface area contributed by atoms with Crippen molar-refractivity contribution < 1.29 is 4.74 Å². The summed E-state index contributed by atoms with van der Waals surface area (Å²) in [6.07, 6.45) is 6.35. The predicted molar refractivity (Wildman–Crippen MR) is 129 cm³/mol. The van der Waals surface area contributed by atoms with Gasteiger partial charge >= 0.3 is 0 Å². The van der Waals surface area contributed by atoms with Crippen LogP contribution in [0.2, 0.25) is 0 Å². The van der Waals surface area contributed by atoms with Crippen molar-refractivity contribution in [3.63, 3.8) is 0 Å². The van der Waals surface area contributed by atoms with Crippen molar-refractivity contribution in [1.29, 1.82) is 0 Å². The van der Waals surface area contributed by atoms with Crippen molar-refractivity contribution in [2.75, 3.05) is 68.2 Å². The lowest BCUT2D eigenvalue weighted by Crippen LogP contribution is -2.37. The van der Waals surface area contributed by atoms with E-state index in [1.807, 2.05) is 55.4 Å². The third-order valence-corrected chi connectivity index (χ3v) is 5.87. The molecule has 8 nitrogen and oxygen atoms in total. The summed E-state index contributed by atoms with van der Waals surface area (Å²) >= 11 is 0. The molecule has 2 saturated heterocycles. The Balaban J connectivity index is 1.52. The van der Waals surface area contributed by atoms with Crippen molar-refractivity contribution in [1.82, 2.24) is 19.9 Å². The quantitative estimate of drug-likeness (QED) is 0.610. The van der Waals surface area contributed by atoms with E-state index in [1.54, 1.807) is 0 Å². The molecule has 5 rings (SSSR count). The molecule has 166 valence electrons. The van der Waals surface area contributed by atoms with Crippen molar-refractivity contribution in [3.8, 4) is 0 Å². The number of benzene rings is 1. The van der Waals surface area contributed by atoms with Gasteiger partial charge in [-0.3, -0.25) is 0 Å². The molecular weight excluding hydrogens is 402 g/mol. The predicted octanol–water partition coefficient (Wildman–Crippen LogP) is 3.09. The number of rotatable bonds is 5. The fourth-order valence-corrected chi connectivity index (χ4v) is 4.18. The second-order valence-electron chi connectivity index (χ2n) is 8.39. The van der Waals surface area contributed by atoms with Gasteiger partial charge in [-0.25, -0.2) is 19.9 Å². The summed E-state index contributed by atoms with van der Waals surface area (Å²) in [7, 11) is 3.97. The standard InChI is InChI=1S/C24H29N7O/c1-29(2)24-20(25-18-7-3-4-8-19(18)26-24)9-10-21-27-22(30-11-5-6-12-30)17-23(28-21)31-13-15-32-16-14-31/h3-4,7-10,17H,5-6,11-16H2,1-2H3/b10-9+. The minimum Gasteiger partial charge on any atom is -0.378 e. The average Bonchev–Trinajstić information content (AvgIpc) is 3.38. The number of ether oxygens (including phenoxy) is 1. The summed E-state index contributed by atoms with van der Waals surface area (Å²) in [6.45, 7) is 5.24. The Kier molecular flexibility index (Phi) is 5.85. The van der Waals surface area contributed by atoms with Crippen LogP contribution in [0.5, 0.6) is 0 Å². The molecular formula is C24H29N7O. The van der Waals surface area contributed by atoms with E-state index >= 15 is 0 Å². The highest BCUT2D eigenvalue weighted by atomic mass is 16.5. The minimum atomic E-state index is 0.690. The van der Waals surface area contributed by atoms with E-state index in [-0.39, 0.29) is 0 Å². The lowest BCUT2D eigenvalue weighted by atomic mass is 10.2. The summed E-state index contributed by atoms with van der Waals surface area (Å²) < 4.78 is 5.53. The highest BCUT2D eigenvalue weighted by Crippen LogP contribution is 2.25. The highest BCUT2D eigenvalue weighted by Gasteiger charge is 2.19. The number of anilines is 3. The van der Waals surface area contributed by atoms with Crippen molar-refractivity contribution in [2.45, 2.75) is 12.8 Å². The van der Waals surface area contributed by atoms with Crippen LogP contribution in [0.1, 0.15) is 24.4 Å². The van der Waals surface area contributed by atoms with Gasteiger partial charge in [0.2, 0.25) is 0 Å². The van der Waals surface area contributed by atoms with Gasteiger partial charge in [0, 0.05) is 46.3 Å². The van der Waals surface area contributed by atoms with Crippen LogP contribution < -0.4 is 14.7 Å². The molecule has 0 spiro atoms. The van der Waals surface area contributed by atoms with Crippen molar-refractivity contribution >= 4 is 40.6 Å². The molecule has 0 atom stereocenters. The maximum absolute atomic E-state index is 5.53. The summed E-state index contributed by atoms with van der Waals surface area (Å²) in [5.41, 5.74) is 2.56. The van der Waals surface area contributed by atoms with Gasteiger partial charge in [0.05, 0.1) is 24.2 Å². The molecule has 0 aliphatic carbocycles. The van der Waals surface area contributed by atoms with Crippen LogP contribution in [0.3, 0.4) is 0 Å². The first-order valence-corrected chi connectivity index (χ1v) is 11.3. The van der Waals surface area contributed by atoms with E-state index in [4.69, 9.17) is 24.7 Å². The monoisotopic (exact) mass is 431 g/mol. The molecule has 2 aliphatic heterocycles. The SMILES string of the molecule is CN(C)c1nc2ccccc2nc1/C=C/c1nc(N2CCCC2)cc(N2CCOCC2)n1. The summed E-state index contributed by atoms with van der Waals surface area (Å²) in [5.74, 6) is 3.47. The van der Waals surface area contributed by atoms with Crippen LogP contribution in [0.25, 0.3) is 23.2 Å². The van der Waals surface area contributed by atoms with Gasteiger partial charge in [-0.2, -0.15) is 0 Å². The topological polar surface area (TPSA) is 70.5 Å². The van der Waals surface area contributed by atoms with E-state index in [1.165, 1.54) is 12.8 Å². The fraction of sp³-hybridized carbons (Fsp3) is 0.417. The third-order valence-electron chi connectivity index (χ3n) is 5.87. The first-order chi connectivity index (χ1) is 15.7. The molecule has 0 radical (unpaired) electrons. The molecule has 8 heteroatoms. The van der Waals surface area contributed by atoms with Crippen LogP contribution in [0.15, 0.2) is 30.3 Å². The zero-order chi connectivity index (χ0) is 21.9. The van der Waals surface area contributed by atoms with E-state index in [0.717, 1.165) is 73.6 Å². The Morgan fingerprint density at radius 3 is 2.09 bits per heavy atom. The van der Waals surface area contributed by atoms with Gasteiger partial charge in [0.1, 0.15) is 17.3 Å².